The number of fused-ring (bicyclic) bond motifs is 1. The highest BCUT2D eigenvalue weighted by atomic mass is 32.2. The van der Waals surface area contributed by atoms with Crippen molar-refractivity contribution in [3.8, 4) is 0 Å². The maximum absolute atomic E-state index is 13.0. The van der Waals surface area contributed by atoms with E-state index in [1.54, 1.807) is 22.1 Å². The number of thiophene rings is 1. The molecule has 0 saturated heterocycles. The summed E-state index contributed by atoms with van der Waals surface area (Å²) in [7, 11) is 0. The lowest BCUT2D eigenvalue weighted by Crippen LogP contribution is -2.24. The van der Waals surface area contributed by atoms with Crippen molar-refractivity contribution in [2.24, 2.45) is 0 Å². The molecule has 7 nitrogen and oxygen atoms in total. The first kappa shape index (κ1) is 20.5. The molecule has 0 amide bonds. The summed E-state index contributed by atoms with van der Waals surface area (Å²) in [5.74, 6) is 0.512. The zero-order valence-electron chi connectivity index (χ0n) is 15.7. The van der Waals surface area contributed by atoms with Gasteiger partial charge in [0.05, 0.1) is 21.9 Å². The molecule has 0 fully saturated rings. The van der Waals surface area contributed by atoms with Crippen LogP contribution in [0.15, 0.2) is 45.7 Å². The van der Waals surface area contributed by atoms with Gasteiger partial charge in [-0.2, -0.15) is 0 Å². The van der Waals surface area contributed by atoms with Crippen molar-refractivity contribution < 1.29 is 9.66 Å². The summed E-state index contributed by atoms with van der Waals surface area (Å²) in [6.07, 6.45) is 0.852. The second-order valence-electron chi connectivity index (χ2n) is 6.48. The molecule has 28 heavy (non-hydrogen) atoms. The molecule has 0 bridgehead atoms. The highest BCUT2D eigenvalue weighted by Crippen LogP contribution is 2.28. The highest BCUT2D eigenvalue weighted by molar-refractivity contribution is 7.98. The van der Waals surface area contributed by atoms with E-state index in [-0.39, 0.29) is 16.7 Å². The van der Waals surface area contributed by atoms with Crippen molar-refractivity contribution in [1.82, 2.24) is 9.55 Å². The first-order chi connectivity index (χ1) is 13.5. The van der Waals surface area contributed by atoms with Gasteiger partial charge in [-0.05, 0) is 38.0 Å². The minimum atomic E-state index is -0.391. The Kier molecular flexibility index (Phi) is 6.82. The van der Waals surface area contributed by atoms with Gasteiger partial charge in [0.1, 0.15) is 0 Å². The molecule has 9 heteroatoms. The van der Waals surface area contributed by atoms with Crippen LogP contribution in [0.25, 0.3) is 10.9 Å². The van der Waals surface area contributed by atoms with E-state index in [2.05, 4.69) is 4.98 Å². The molecule has 3 aromatic rings. The van der Waals surface area contributed by atoms with Gasteiger partial charge in [-0.15, -0.1) is 0 Å². The molecule has 2 heterocycles. The van der Waals surface area contributed by atoms with Crippen LogP contribution < -0.4 is 5.56 Å². The van der Waals surface area contributed by atoms with Gasteiger partial charge in [-0.3, -0.25) is 19.5 Å². The summed E-state index contributed by atoms with van der Waals surface area (Å²) in [5, 5.41) is 14.0. The molecule has 0 aliphatic heterocycles. The summed E-state index contributed by atoms with van der Waals surface area (Å²) >= 11 is 2.52. The molecule has 1 aromatic carbocycles. The van der Waals surface area contributed by atoms with Crippen LogP contribution in [0.1, 0.15) is 25.8 Å². The number of thioether (sulfide) groups is 1. The second-order valence-corrected chi connectivity index (χ2v) is 8.31. The lowest BCUT2D eigenvalue weighted by molar-refractivity contribution is -0.380. The van der Waals surface area contributed by atoms with Gasteiger partial charge in [0.25, 0.3) is 5.56 Å². The summed E-state index contributed by atoms with van der Waals surface area (Å²) in [4.78, 5) is 28.1. The fraction of sp³-hybridized carbons (Fsp3) is 0.368. The SMILES string of the molecule is CC(C)OCCCn1c(SCc2csc([N+](=O)[O-])c2)nc2ccccc2c1=O. The van der Waals surface area contributed by atoms with Crippen molar-refractivity contribution in [3.05, 3.63) is 61.7 Å². The normalized spacial score (nSPS) is 11.4. The van der Waals surface area contributed by atoms with Gasteiger partial charge in [0.2, 0.25) is 0 Å². The first-order valence-corrected chi connectivity index (χ1v) is 10.8. The summed E-state index contributed by atoms with van der Waals surface area (Å²) in [5.41, 5.74) is 1.42. The molecule has 2 aromatic heterocycles. The van der Waals surface area contributed by atoms with E-state index in [9.17, 15) is 14.9 Å². The van der Waals surface area contributed by atoms with Gasteiger partial charge in [-0.25, -0.2) is 4.98 Å². The molecule has 0 unspecified atom stereocenters. The zero-order chi connectivity index (χ0) is 20.1. The smallest absolute Gasteiger partial charge is 0.324 e. The van der Waals surface area contributed by atoms with Crippen molar-refractivity contribution in [2.45, 2.75) is 43.8 Å². The van der Waals surface area contributed by atoms with E-state index in [1.165, 1.54) is 11.8 Å². The lowest BCUT2D eigenvalue weighted by Gasteiger charge is -2.13. The Bertz CT molecular complexity index is 1030. The predicted molar refractivity (Wildman–Crippen MR) is 112 cm³/mol. The van der Waals surface area contributed by atoms with Crippen molar-refractivity contribution >= 4 is 39.0 Å². The van der Waals surface area contributed by atoms with Crippen LogP contribution in [-0.2, 0) is 17.0 Å². The Labute approximate surface area is 170 Å². The first-order valence-electron chi connectivity index (χ1n) is 8.91. The third-order valence-corrected chi connectivity index (χ3v) is 5.97. The third-order valence-electron chi connectivity index (χ3n) is 3.99. The van der Waals surface area contributed by atoms with E-state index >= 15 is 0 Å². The molecule has 0 aliphatic rings. The van der Waals surface area contributed by atoms with E-state index in [0.29, 0.717) is 41.4 Å². The third kappa shape index (κ3) is 4.98. The maximum atomic E-state index is 13.0. The number of nitro groups is 1. The fourth-order valence-corrected chi connectivity index (χ4v) is 4.47. The second kappa shape index (κ2) is 9.31. The lowest BCUT2D eigenvalue weighted by atomic mass is 10.2. The van der Waals surface area contributed by atoms with Gasteiger partial charge in [0, 0.05) is 30.4 Å². The average molecular weight is 420 g/mol. The molecule has 0 atom stereocenters. The molecular formula is C19H21N3O4S2. The largest absolute Gasteiger partial charge is 0.379 e. The van der Waals surface area contributed by atoms with Crippen molar-refractivity contribution in [3.63, 3.8) is 0 Å². The van der Waals surface area contributed by atoms with Crippen LogP contribution in [0, 0.1) is 10.1 Å². The number of ether oxygens (including phenoxy) is 1. The van der Waals surface area contributed by atoms with Crippen LogP contribution in [-0.4, -0.2) is 27.2 Å². The molecular weight excluding hydrogens is 398 g/mol. The molecule has 0 saturated carbocycles. The van der Waals surface area contributed by atoms with Gasteiger partial charge in [-0.1, -0.05) is 35.2 Å². The predicted octanol–water partition coefficient (Wildman–Crippen LogP) is 4.47. The molecule has 0 spiro atoms. The Morgan fingerprint density at radius 1 is 1.36 bits per heavy atom. The number of hydrogen-bond donors (Lipinski definition) is 0. The molecule has 0 aliphatic carbocycles. The summed E-state index contributed by atoms with van der Waals surface area (Å²) in [6, 6.07) is 8.85. The topological polar surface area (TPSA) is 87.3 Å². The zero-order valence-corrected chi connectivity index (χ0v) is 17.3. The van der Waals surface area contributed by atoms with E-state index in [0.717, 1.165) is 16.9 Å². The number of nitrogens with zero attached hydrogens (tertiary/aromatic N) is 3. The monoisotopic (exact) mass is 419 g/mol. The van der Waals surface area contributed by atoms with Crippen molar-refractivity contribution in [2.75, 3.05) is 6.61 Å². The van der Waals surface area contributed by atoms with Crippen LogP contribution in [0.4, 0.5) is 5.00 Å². The highest BCUT2D eigenvalue weighted by Gasteiger charge is 2.14. The van der Waals surface area contributed by atoms with E-state index in [4.69, 9.17) is 4.74 Å². The Morgan fingerprint density at radius 2 is 2.14 bits per heavy atom. The van der Waals surface area contributed by atoms with E-state index in [1.807, 2.05) is 32.0 Å². The molecule has 0 N–H and O–H groups in total. The van der Waals surface area contributed by atoms with Crippen molar-refractivity contribution in [1.29, 1.82) is 0 Å². The molecule has 148 valence electrons. The Morgan fingerprint density at radius 3 is 2.86 bits per heavy atom. The summed E-state index contributed by atoms with van der Waals surface area (Å²) in [6.45, 7) is 5.03. The molecule has 3 rings (SSSR count). The number of rotatable bonds is 9. The van der Waals surface area contributed by atoms with Gasteiger partial charge >= 0.3 is 5.00 Å². The van der Waals surface area contributed by atoms with Crippen LogP contribution in [0.3, 0.4) is 0 Å². The van der Waals surface area contributed by atoms with Gasteiger partial charge in [0.15, 0.2) is 5.16 Å². The number of hydrogen-bond acceptors (Lipinski definition) is 7. The van der Waals surface area contributed by atoms with Crippen LogP contribution in [0.2, 0.25) is 0 Å². The van der Waals surface area contributed by atoms with Gasteiger partial charge < -0.3 is 4.74 Å². The quantitative estimate of drug-likeness (QED) is 0.167. The van der Waals surface area contributed by atoms with E-state index < -0.39 is 4.92 Å². The van der Waals surface area contributed by atoms with Crippen LogP contribution >= 0.6 is 23.1 Å². The Hall–Kier alpha value is -2.23. The molecule has 0 radical (unpaired) electrons. The Balaban J connectivity index is 1.84. The summed E-state index contributed by atoms with van der Waals surface area (Å²) < 4.78 is 7.26. The number of benzene rings is 1. The minimum Gasteiger partial charge on any atom is -0.379 e. The fourth-order valence-electron chi connectivity index (χ4n) is 2.68. The van der Waals surface area contributed by atoms with Crippen LogP contribution in [0.5, 0.6) is 0 Å². The number of aromatic nitrogens is 2. The maximum Gasteiger partial charge on any atom is 0.324 e. The average Bonchev–Trinajstić information content (AvgIpc) is 3.14. The standard InChI is InChI=1S/C19H21N3O4S2/c1-13(2)26-9-5-8-21-18(23)15-6-3-4-7-16(15)20-19(21)28-12-14-10-17(22(24)25)27-11-14/h3-4,6-7,10-11,13H,5,8-9,12H2,1-2H3. The number of para-hydroxylation sites is 1. The minimum absolute atomic E-state index is 0.0750.